The van der Waals surface area contributed by atoms with E-state index in [0.29, 0.717) is 17.1 Å². The number of nitrogens with zero attached hydrogens (tertiary/aromatic N) is 3. The molecule has 7 nitrogen and oxygen atoms in total. The van der Waals surface area contributed by atoms with Crippen LogP contribution in [0.4, 0.5) is 16.2 Å². The van der Waals surface area contributed by atoms with Gasteiger partial charge in [-0.2, -0.15) is 0 Å². The van der Waals surface area contributed by atoms with Crippen molar-refractivity contribution in [2.75, 3.05) is 10.2 Å². The van der Waals surface area contributed by atoms with Crippen LogP contribution >= 0.6 is 0 Å². The van der Waals surface area contributed by atoms with Gasteiger partial charge in [-0.1, -0.05) is 36.4 Å². The molecule has 1 atom stereocenters. The summed E-state index contributed by atoms with van der Waals surface area (Å²) in [6.45, 7) is 2.03. The summed E-state index contributed by atoms with van der Waals surface area (Å²) in [5.74, 6) is -0.760. The third kappa shape index (κ3) is 4.45. The maximum atomic E-state index is 13.3. The first kappa shape index (κ1) is 20.3. The molecule has 1 aliphatic heterocycles. The summed E-state index contributed by atoms with van der Waals surface area (Å²) in [5.41, 5.74) is 2.70. The van der Waals surface area contributed by atoms with Crippen molar-refractivity contribution in [1.29, 1.82) is 0 Å². The molecule has 1 N–H and O–H groups in total. The number of nitrogens with one attached hydrogen (secondary N) is 1. The molecular formula is C24H22N4O3. The third-order valence-corrected chi connectivity index (χ3v) is 5.07. The first-order valence-corrected chi connectivity index (χ1v) is 9.99. The van der Waals surface area contributed by atoms with Gasteiger partial charge in [-0.05, 0) is 48.9 Å². The molecule has 1 aliphatic rings. The largest absolute Gasteiger partial charge is 0.332 e. The lowest BCUT2D eigenvalue weighted by Crippen LogP contribution is -2.37. The first-order chi connectivity index (χ1) is 15.0. The Morgan fingerprint density at radius 3 is 2.48 bits per heavy atom. The smallest absolute Gasteiger partial charge is 0.326 e. The second-order valence-electron chi connectivity index (χ2n) is 7.38. The van der Waals surface area contributed by atoms with E-state index in [1.54, 1.807) is 48.7 Å². The van der Waals surface area contributed by atoms with Crippen molar-refractivity contribution >= 4 is 29.2 Å². The molecule has 2 heterocycles. The number of imide groups is 1. The second kappa shape index (κ2) is 8.79. The number of benzene rings is 2. The van der Waals surface area contributed by atoms with Gasteiger partial charge >= 0.3 is 6.03 Å². The zero-order valence-corrected chi connectivity index (χ0v) is 17.1. The Morgan fingerprint density at radius 1 is 1.00 bits per heavy atom. The van der Waals surface area contributed by atoms with Crippen LogP contribution < -0.4 is 10.2 Å². The summed E-state index contributed by atoms with van der Waals surface area (Å²) in [7, 11) is 0. The highest BCUT2D eigenvalue weighted by molar-refractivity contribution is 6.22. The minimum atomic E-state index is -0.918. The maximum Gasteiger partial charge on any atom is 0.332 e. The minimum Gasteiger partial charge on any atom is -0.326 e. The van der Waals surface area contributed by atoms with E-state index in [2.05, 4.69) is 10.3 Å². The SMILES string of the molecule is Cc1cccc(N2C(=O)C(CC(=O)Nc3ccccc3)N(Cc3ccccn3)C2=O)c1. The number of amides is 4. The summed E-state index contributed by atoms with van der Waals surface area (Å²) < 4.78 is 0. The highest BCUT2D eigenvalue weighted by Crippen LogP contribution is 2.29. The van der Waals surface area contributed by atoms with Gasteiger partial charge in [0.15, 0.2) is 0 Å². The molecule has 4 rings (SSSR count). The van der Waals surface area contributed by atoms with E-state index in [-0.39, 0.29) is 18.9 Å². The molecule has 156 valence electrons. The van der Waals surface area contributed by atoms with Gasteiger partial charge in [-0.25, -0.2) is 9.69 Å². The molecule has 3 aromatic rings. The lowest BCUT2D eigenvalue weighted by molar-refractivity contribution is -0.124. The zero-order valence-electron chi connectivity index (χ0n) is 17.1. The van der Waals surface area contributed by atoms with Gasteiger partial charge in [0.2, 0.25) is 5.91 Å². The summed E-state index contributed by atoms with van der Waals surface area (Å²) in [6.07, 6.45) is 1.49. The zero-order chi connectivity index (χ0) is 21.8. The Kier molecular flexibility index (Phi) is 5.75. The van der Waals surface area contributed by atoms with Crippen LogP contribution in [-0.2, 0) is 16.1 Å². The van der Waals surface area contributed by atoms with Crippen molar-refractivity contribution in [3.63, 3.8) is 0 Å². The van der Waals surface area contributed by atoms with Crippen LogP contribution in [0, 0.1) is 6.92 Å². The van der Waals surface area contributed by atoms with Crippen LogP contribution in [-0.4, -0.2) is 33.8 Å². The molecule has 1 unspecified atom stereocenters. The van der Waals surface area contributed by atoms with E-state index in [1.165, 1.54) is 4.90 Å². The fraction of sp³-hybridized carbons (Fsp3) is 0.167. The number of carbonyl (C=O) groups is 3. The number of aromatic nitrogens is 1. The Hall–Kier alpha value is -4.00. The maximum absolute atomic E-state index is 13.3. The van der Waals surface area contributed by atoms with Crippen molar-refractivity contribution in [1.82, 2.24) is 9.88 Å². The second-order valence-corrected chi connectivity index (χ2v) is 7.38. The predicted molar refractivity (Wildman–Crippen MR) is 117 cm³/mol. The van der Waals surface area contributed by atoms with Crippen molar-refractivity contribution < 1.29 is 14.4 Å². The molecule has 0 spiro atoms. The van der Waals surface area contributed by atoms with Gasteiger partial charge in [-0.3, -0.25) is 14.6 Å². The van der Waals surface area contributed by atoms with Gasteiger partial charge < -0.3 is 10.2 Å². The topological polar surface area (TPSA) is 82.6 Å². The molecule has 1 aromatic heterocycles. The van der Waals surface area contributed by atoms with Crippen molar-refractivity contribution in [3.8, 4) is 0 Å². The molecule has 0 radical (unpaired) electrons. The quantitative estimate of drug-likeness (QED) is 0.623. The fourth-order valence-electron chi connectivity index (χ4n) is 3.59. The lowest BCUT2D eigenvalue weighted by Gasteiger charge is -2.21. The standard InChI is InChI=1S/C24H22N4O3/c1-17-8-7-12-20(14-17)28-23(30)21(15-22(29)26-18-9-3-2-4-10-18)27(24(28)31)16-19-11-5-6-13-25-19/h2-14,21H,15-16H2,1H3,(H,26,29). The third-order valence-electron chi connectivity index (χ3n) is 5.07. The van der Waals surface area contributed by atoms with Crippen LogP contribution in [0.2, 0.25) is 0 Å². The molecule has 0 saturated carbocycles. The van der Waals surface area contributed by atoms with Gasteiger partial charge in [0, 0.05) is 11.9 Å². The molecule has 31 heavy (non-hydrogen) atoms. The number of pyridine rings is 1. The molecule has 4 amide bonds. The van der Waals surface area contributed by atoms with Crippen molar-refractivity contribution in [2.45, 2.75) is 25.9 Å². The van der Waals surface area contributed by atoms with Gasteiger partial charge in [-0.15, -0.1) is 0 Å². The molecule has 0 bridgehead atoms. The molecule has 1 saturated heterocycles. The highest BCUT2D eigenvalue weighted by Gasteiger charge is 2.46. The van der Waals surface area contributed by atoms with E-state index in [9.17, 15) is 14.4 Å². The number of carbonyl (C=O) groups excluding carboxylic acids is 3. The normalized spacial score (nSPS) is 16.0. The average molecular weight is 414 g/mol. The number of hydrogen-bond acceptors (Lipinski definition) is 4. The van der Waals surface area contributed by atoms with Crippen LogP contribution in [0.1, 0.15) is 17.7 Å². The lowest BCUT2D eigenvalue weighted by atomic mass is 10.1. The van der Waals surface area contributed by atoms with Gasteiger partial charge in [0.25, 0.3) is 5.91 Å². The van der Waals surface area contributed by atoms with Crippen LogP contribution in [0.15, 0.2) is 79.0 Å². The molecule has 1 fully saturated rings. The Labute approximate surface area is 180 Å². The Morgan fingerprint density at radius 2 is 1.77 bits per heavy atom. The molecule has 2 aromatic carbocycles. The summed E-state index contributed by atoms with van der Waals surface area (Å²) in [5, 5.41) is 2.79. The summed E-state index contributed by atoms with van der Waals surface area (Å²) in [6, 6.07) is 20.2. The van der Waals surface area contributed by atoms with E-state index >= 15 is 0 Å². The van der Waals surface area contributed by atoms with Gasteiger partial charge in [0.1, 0.15) is 6.04 Å². The fourth-order valence-corrected chi connectivity index (χ4v) is 3.59. The van der Waals surface area contributed by atoms with E-state index in [4.69, 9.17) is 0 Å². The Balaban J connectivity index is 1.61. The highest BCUT2D eigenvalue weighted by atomic mass is 16.2. The first-order valence-electron chi connectivity index (χ1n) is 9.99. The molecule has 7 heteroatoms. The monoisotopic (exact) mass is 414 g/mol. The predicted octanol–water partition coefficient (Wildman–Crippen LogP) is 3.76. The molecule has 0 aliphatic carbocycles. The minimum absolute atomic E-state index is 0.136. The van der Waals surface area contributed by atoms with Crippen molar-refractivity contribution in [2.24, 2.45) is 0 Å². The van der Waals surface area contributed by atoms with Crippen molar-refractivity contribution in [3.05, 3.63) is 90.3 Å². The van der Waals surface area contributed by atoms with Crippen LogP contribution in [0.25, 0.3) is 0 Å². The average Bonchev–Trinajstić information content (AvgIpc) is 2.99. The number of anilines is 2. The van der Waals surface area contributed by atoms with E-state index < -0.39 is 18.0 Å². The summed E-state index contributed by atoms with van der Waals surface area (Å²) >= 11 is 0. The Bertz CT molecular complexity index is 1100. The number of rotatable bonds is 6. The number of urea groups is 1. The number of hydrogen-bond donors (Lipinski definition) is 1. The van der Waals surface area contributed by atoms with Crippen LogP contribution in [0.3, 0.4) is 0 Å². The van der Waals surface area contributed by atoms with Gasteiger partial charge in [0.05, 0.1) is 24.3 Å². The van der Waals surface area contributed by atoms with Crippen LogP contribution in [0.5, 0.6) is 0 Å². The number of para-hydroxylation sites is 1. The van der Waals surface area contributed by atoms with E-state index in [0.717, 1.165) is 10.5 Å². The van der Waals surface area contributed by atoms with E-state index in [1.807, 2.05) is 37.3 Å². The molecular weight excluding hydrogens is 392 g/mol. The number of aryl methyl sites for hydroxylation is 1. The summed E-state index contributed by atoms with van der Waals surface area (Å²) in [4.78, 5) is 46.0.